The smallest absolute Gasteiger partial charge is 0.157 e. The van der Waals surface area contributed by atoms with Gasteiger partial charge in [0.25, 0.3) is 0 Å². The Morgan fingerprint density at radius 1 is 0.422 bits per heavy atom. The molecule has 3 atom stereocenters. The molecule has 0 saturated carbocycles. The van der Waals surface area contributed by atoms with Crippen LogP contribution in [0.3, 0.4) is 0 Å². The third kappa shape index (κ3) is 19.2. The van der Waals surface area contributed by atoms with Gasteiger partial charge in [-0.1, -0.05) is 0 Å². The molecule has 0 amide bonds. The topological polar surface area (TPSA) is 131 Å². The van der Waals surface area contributed by atoms with Gasteiger partial charge in [-0.3, -0.25) is 0 Å². The summed E-state index contributed by atoms with van der Waals surface area (Å²) in [7, 11) is 0. The molecule has 0 aromatic carbocycles. The summed E-state index contributed by atoms with van der Waals surface area (Å²) >= 11 is 0. The zero-order chi connectivity index (χ0) is 31.5. The van der Waals surface area contributed by atoms with Crippen molar-refractivity contribution in [3.05, 3.63) is 0 Å². The van der Waals surface area contributed by atoms with E-state index in [9.17, 15) is 5.11 Å². The first-order valence-electron chi connectivity index (χ1n) is 17.1. The largest absolute Gasteiger partial charge is 0.396 e. The van der Waals surface area contributed by atoms with Gasteiger partial charge in [0.15, 0.2) is 18.9 Å². The minimum absolute atomic E-state index is 0.117. The molecular weight excluding hydrogens is 592 g/mol. The Kier molecular flexibility index (Phi) is 22.9. The lowest BCUT2D eigenvalue weighted by atomic mass is 9.92. The zero-order valence-electron chi connectivity index (χ0n) is 27.4. The van der Waals surface area contributed by atoms with Crippen molar-refractivity contribution >= 4 is 0 Å². The molecule has 3 aliphatic heterocycles. The van der Waals surface area contributed by atoms with Crippen LogP contribution in [-0.2, 0) is 56.8 Å². The van der Waals surface area contributed by atoms with Gasteiger partial charge in [-0.05, 0) is 57.8 Å². The Labute approximate surface area is 269 Å². The molecule has 1 N–H and O–H groups in total. The van der Waals surface area contributed by atoms with E-state index < -0.39 is 5.41 Å². The van der Waals surface area contributed by atoms with Crippen LogP contribution in [0.5, 0.6) is 0 Å². The van der Waals surface area contributed by atoms with Crippen LogP contribution in [0.25, 0.3) is 0 Å². The maximum absolute atomic E-state index is 10.3. The van der Waals surface area contributed by atoms with E-state index in [0.717, 1.165) is 77.6 Å². The average molecular weight is 653 g/mol. The van der Waals surface area contributed by atoms with Crippen molar-refractivity contribution in [2.45, 2.75) is 76.7 Å². The van der Waals surface area contributed by atoms with Crippen molar-refractivity contribution < 1.29 is 61.9 Å². The van der Waals surface area contributed by atoms with Crippen molar-refractivity contribution in [2.24, 2.45) is 5.41 Å². The van der Waals surface area contributed by atoms with Crippen LogP contribution in [0, 0.1) is 5.41 Å². The number of aliphatic hydroxyl groups excluding tert-OH is 1. The van der Waals surface area contributed by atoms with Crippen LogP contribution in [0.1, 0.15) is 57.8 Å². The van der Waals surface area contributed by atoms with Gasteiger partial charge in [-0.25, -0.2) is 0 Å². The second-order valence-corrected chi connectivity index (χ2v) is 11.7. The SMILES string of the molecule is OCC(COCCOCCOC1CCCCO1)(COCCOCCOC1CCCCO1)COCCOCCOC1CCCCO1. The Hall–Kier alpha value is -0.520. The van der Waals surface area contributed by atoms with Crippen LogP contribution in [-0.4, -0.2) is 150 Å². The highest BCUT2D eigenvalue weighted by molar-refractivity contribution is 4.78. The van der Waals surface area contributed by atoms with E-state index in [1.165, 1.54) is 0 Å². The molecule has 0 aliphatic carbocycles. The van der Waals surface area contributed by atoms with E-state index >= 15 is 0 Å². The molecule has 266 valence electrons. The molecule has 3 heterocycles. The fourth-order valence-corrected chi connectivity index (χ4v) is 5.03. The fraction of sp³-hybridized carbons (Fsp3) is 1.00. The molecule has 0 spiro atoms. The van der Waals surface area contributed by atoms with Gasteiger partial charge >= 0.3 is 0 Å². The highest BCUT2D eigenvalue weighted by atomic mass is 16.7. The highest BCUT2D eigenvalue weighted by Gasteiger charge is 2.31. The molecule has 13 nitrogen and oxygen atoms in total. The molecule has 0 bridgehead atoms. The van der Waals surface area contributed by atoms with Crippen LogP contribution < -0.4 is 0 Å². The Bertz CT molecular complexity index is 571. The highest BCUT2D eigenvalue weighted by Crippen LogP contribution is 2.19. The van der Waals surface area contributed by atoms with Gasteiger partial charge in [0.05, 0.1) is 111 Å². The number of ether oxygens (including phenoxy) is 12. The standard InChI is InChI=1S/C32H60O13/c33-25-32(26-37-16-13-34-19-22-43-29-7-1-4-10-40-29,27-38-17-14-35-20-23-44-30-8-2-5-11-41-30)28-39-18-15-36-21-24-45-31-9-3-6-12-42-31/h29-31,33H,1-28H2. The molecule has 13 heteroatoms. The number of hydrogen-bond acceptors (Lipinski definition) is 13. The van der Waals surface area contributed by atoms with Crippen molar-refractivity contribution in [3.8, 4) is 0 Å². The summed E-state index contributed by atoms with van der Waals surface area (Å²) in [4.78, 5) is 0. The predicted molar refractivity (Wildman–Crippen MR) is 163 cm³/mol. The first kappa shape index (κ1) is 38.9. The van der Waals surface area contributed by atoms with E-state index in [1.807, 2.05) is 0 Å². The normalized spacial score (nSPS) is 24.1. The summed E-state index contributed by atoms with van der Waals surface area (Å²) in [6.45, 7) is 8.14. The second-order valence-electron chi connectivity index (χ2n) is 11.7. The molecule has 3 unspecified atom stereocenters. The molecular formula is C32H60O13. The van der Waals surface area contributed by atoms with Gasteiger partial charge in [-0.2, -0.15) is 0 Å². The summed E-state index contributed by atoms with van der Waals surface area (Å²) in [5, 5.41) is 10.3. The van der Waals surface area contributed by atoms with E-state index in [2.05, 4.69) is 0 Å². The van der Waals surface area contributed by atoms with E-state index in [4.69, 9.17) is 56.8 Å². The average Bonchev–Trinajstić information content (AvgIpc) is 3.09. The minimum Gasteiger partial charge on any atom is -0.396 e. The van der Waals surface area contributed by atoms with Crippen LogP contribution in [0.15, 0.2) is 0 Å². The van der Waals surface area contributed by atoms with E-state index in [0.29, 0.717) is 79.3 Å². The molecule has 45 heavy (non-hydrogen) atoms. The lowest BCUT2D eigenvalue weighted by molar-refractivity contribution is -0.170. The maximum Gasteiger partial charge on any atom is 0.157 e. The van der Waals surface area contributed by atoms with Crippen molar-refractivity contribution in [1.82, 2.24) is 0 Å². The van der Waals surface area contributed by atoms with Crippen LogP contribution >= 0.6 is 0 Å². The molecule has 3 fully saturated rings. The lowest BCUT2D eigenvalue weighted by Crippen LogP contribution is -2.41. The quantitative estimate of drug-likeness (QED) is 0.124. The summed E-state index contributed by atoms with van der Waals surface area (Å²) in [5.74, 6) is 0. The number of rotatable bonds is 28. The predicted octanol–water partition coefficient (Wildman–Crippen LogP) is 2.69. The van der Waals surface area contributed by atoms with Gasteiger partial charge in [-0.15, -0.1) is 0 Å². The van der Waals surface area contributed by atoms with Crippen molar-refractivity contribution in [2.75, 3.05) is 126 Å². The van der Waals surface area contributed by atoms with Gasteiger partial charge in [0.1, 0.15) is 0 Å². The Morgan fingerprint density at radius 2 is 0.733 bits per heavy atom. The third-order valence-corrected chi connectivity index (χ3v) is 7.68. The van der Waals surface area contributed by atoms with E-state index in [1.54, 1.807) is 0 Å². The minimum atomic E-state index is -0.732. The maximum atomic E-state index is 10.3. The molecule has 0 aromatic heterocycles. The zero-order valence-corrected chi connectivity index (χ0v) is 27.4. The first-order chi connectivity index (χ1) is 22.3. The second kappa shape index (κ2) is 26.4. The first-order valence-corrected chi connectivity index (χ1v) is 17.1. The van der Waals surface area contributed by atoms with Crippen molar-refractivity contribution in [3.63, 3.8) is 0 Å². The molecule has 3 aliphatic rings. The summed E-state index contributed by atoms with van der Waals surface area (Å²) < 4.78 is 68.4. The monoisotopic (exact) mass is 652 g/mol. The Morgan fingerprint density at radius 3 is 1.02 bits per heavy atom. The van der Waals surface area contributed by atoms with Crippen LogP contribution in [0.4, 0.5) is 0 Å². The third-order valence-electron chi connectivity index (χ3n) is 7.68. The number of aliphatic hydroxyl groups is 1. The van der Waals surface area contributed by atoms with E-state index in [-0.39, 0.29) is 45.3 Å². The summed E-state index contributed by atoms with van der Waals surface area (Å²) in [6.07, 6.45) is 9.14. The summed E-state index contributed by atoms with van der Waals surface area (Å²) in [6, 6.07) is 0. The van der Waals surface area contributed by atoms with Crippen LogP contribution in [0.2, 0.25) is 0 Å². The lowest BCUT2D eigenvalue weighted by Gasteiger charge is -2.31. The summed E-state index contributed by atoms with van der Waals surface area (Å²) in [5.41, 5.74) is -0.732. The number of hydrogen-bond donors (Lipinski definition) is 1. The van der Waals surface area contributed by atoms with Gasteiger partial charge in [0.2, 0.25) is 0 Å². The molecule has 0 radical (unpaired) electrons. The molecule has 3 saturated heterocycles. The van der Waals surface area contributed by atoms with Gasteiger partial charge < -0.3 is 61.9 Å². The molecule has 0 aromatic rings. The fourth-order valence-electron chi connectivity index (χ4n) is 5.03. The van der Waals surface area contributed by atoms with Crippen molar-refractivity contribution in [1.29, 1.82) is 0 Å². The molecule has 3 rings (SSSR count). The Balaban J connectivity index is 1.25. The van der Waals surface area contributed by atoms with Gasteiger partial charge in [0, 0.05) is 19.8 Å².